The third-order valence-corrected chi connectivity index (χ3v) is 2.39. The van der Waals surface area contributed by atoms with E-state index < -0.39 is 0 Å². The normalized spacial score (nSPS) is 11.5. The fraction of sp³-hybridized carbons (Fsp3) is 0.583. The average molecular weight is 208 g/mol. The smallest absolute Gasteiger partial charge is 0.131 e. The van der Waals surface area contributed by atoms with Crippen molar-refractivity contribution < 1.29 is 5.11 Å². The Hall–Kier alpha value is -1.09. The first-order valence-corrected chi connectivity index (χ1v) is 5.18. The maximum atomic E-state index is 9.25. The van der Waals surface area contributed by atoms with E-state index >= 15 is 0 Å². The largest absolute Gasteiger partial charge is 0.396 e. The number of aromatic nitrogens is 1. The summed E-state index contributed by atoms with van der Waals surface area (Å²) in [6.07, 6.45) is 2.63. The summed E-state index contributed by atoms with van der Waals surface area (Å²) in [5.74, 6) is 0.985. The molecule has 1 aromatic rings. The van der Waals surface area contributed by atoms with Crippen molar-refractivity contribution in [2.45, 2.75) is 20.3 Å². The molecule has 0 saturated carbocycles. The number of aliphatic hydroxyl groups is 1. The summed E-state index contributed by atoms with van der Waals surface area (Å²) in [4.78, 5) is 6.34. The van der Waals surface area contributed by atoms with Crippen molar-refractivity contribution >= 4 is 5.82 Å². The van der Waals surface area contributed by atoms with Gasteiger partial charge in [0.2, 0.25) is 0 Å². The van der Waals surface area contributed by atoms with Gasteiger partial charge >= 0.3 is 0 Å². The van der Waals surface area contributed by atoms with Crippen LogP contribution >= 0.6 is 0 Å². The highest BCUT2D eigenvalue weighted by Gasteiger charge is 2.19. The molecule has 0 fully saturated rings. The molecule has 84 valence electrons. The maximum Gasteiger partial charge on any atom is 0.131 e. The Morgan fingerprint density at radius 2 is 2.07 bits per heavy atom. The lowest BCUT2D eigenvalue weighted by Crippen LogP contribution is -2.22. The van der Waals surface area contributed by atoms with Crippen molar-refractivity contribution in [1.29, 1.82) is 0 Å². The molecule has 1 N–H and O–H groups in total. The van der Waals surface area contributed by atoms with Gasteiger partial charge in [-0.3, -0.25) is 0 Å². The summed E-state index contributed by atoms with van der Waals surface area (Å²) < 4.78 is 0. The number of pyridine rings is 1. The van der Waals surface area contributed by atoms with E-state index in [1.807, 2.05) is 25.1 Å². The topological polar surface area (TPSA) is 36.4 Å². The van der Waals surface area contributed by atoms with Crippen LogP contribution in [-0.2, 0) is 6.42 Å². The minimum absolute atomic E-state index is 0.0895. The zero-order valence-corrected chi connectivity index (χ0v) is 9.99. The first kappa shape index (κ1) is 12.0. The Morgan fingerprint density at radius 1 is 1.40 bits per heavy atom. The molecule has 0 spiro atoms. The van der Waals surface area contributed by atoms with E-state index in [1.165, 1.54) is 5.56 Å². The minimum Gasteiger partial charge on any atom is -0.396 e. The summed E-state index contributed by atoms with van der Waals surface area (Å²) in [5.41, 5.74) is 1.09. The molecule has 0 bridgehead atoms. The van der Waals surface area contributed by atoms with Gasteiger partial charge in [-0.15, -0.1) is 0 Å². The molecule has 1 aromatic heterocycles. The molecule has 3 nitrogen and oxygen atoms in total. The van der Waals surface area contributed by atoms with Crippen molar-refractivity contribution in [3.8, 4) is 0 Å². The standard InChI is InChI=1S/C12H20N2O/c1-12(2,9-15)8-10-6-5-7-13-11(10)14(3)4/h5-7,15H,8-9H2,1-4H3. The van der Waals surface area contributed by atoms with Crippen molar-refractivity contribution in [3.63, 3.8) is 0 Å². The lowest BCUT2D eigenvalue weighted by molar-refractivity contribution is 0.159. The van der Waals surface area contributed by atoms with Gasteiger partial charge in [0.15, 0.2) is 0 Å². The molecule has 0 aliphatic carbocycles. The van der Waals surface area contributed by atoms with Crippen molar-refractivity contribution in [1.82, 2.24) is 4.98 Å². The lowest BCUT2D eigenvalue weighted by Gasteiger charge is -2.24. The van der Waals surface area contributed by atoms with Gasteiger partial charge in [0.1, 0.15) is 5.82 Å². The highest BCUT2D eigenvalue weighted by molar-refractivity contribution is 5.45. The van der Waals surface area contributed by atoms with Crippen LogP contribution in [0.2, 0.25) is 0 Å². The molecule has 0 atom stereocenters. The van der Waals surface area contributed by atoms with Gasteiger partial charge < -0.3 is 10.0 Å². The predicted molar refractivity (Wildman–Crippen MR) is 63.1 cm³/mol. The highest BCUT2D eigenvalue weighted by Crippen LogP contribution is 2.25. The Bertz CT molecular complexity index is 321. The fourth-order valence-electron chi connectivity index (χ4n) is 1.54. The molecular weight excluding hydrogens is 188 g/mol. The molecule has 3 heteroatoms. The zero-order valence-electron chi connectivity index (χ0n) is 9.99. The summed E-state index contributed by atoms with van der Waals surface area (Å²) in [7, 11) is 3.97. The third kappa shape index (κ3) is 3.20. The zero-order chi connectivity index (χ0) is 11.5. The van der Waals surface area contributed by atoms with Gasteiger partial charge in [-0.1, -0.05) is 19.9 Å². The van der Waals surface area contributed by atoms with Crippen LogP contribution in [0.15, 0.2) is 18.3 Å². The predicted octanol–water partition coefficient (Wildman–Crippen LogP) is 1.71. The summed E-state index contributed by atoms with van der Waals surface area (Å²) >= 11 is 0. The number of aliphatic hydroxyl groups excluding tert-OH is 1. The second kappa shape index (κ2) is 4.62. The molecular formula is C12H20N2O. The monoisotopic (exact) mass is 208 g/mol. The van der Waals surface area contributed by atoms with Crippen molar-refractivity contribution in [2.24, 2.45) is 5.41 Å². The Balaban J connectivity index is 2.94. The summed E-state index contributed by atoms with van der Waals surface area (Å²) in [6, 6.07) is 4.01. The van der Waals surface area contributed by atoms with Crippen LogP contribution in [0, 0.1) is 5.41 Å². The fourth-order valence-corrected chi connectivity index (χ4v) is 1.54. The number of anilines is 1. The highest BCUT2D eigenvalue weighted by atomic mass is 16.3. The van der Waals surface area contributed by atoms with Crippen LogP contribution < -0.4 is 4.90 Å². The third-order valence-electron chi connectivity index (χ3n) is 2.39. The number of nitrogens with zero attached hydrogens (tertiary/aromatic N) is 2. The van der Waals surface area contributed by atoms with Crippen LogP contribution in [-0.4, -0.2) is 30.8 Å². The Morgan fingerprint density at radius 3 is 2.60 bits per heavy atom. The van der Waals surface area contributed by atoms with Crippen LogP contribution in [0.4, 0.5) is 5.82 Å². The molecule has 0 amide bonds. The van der Waals surface area contributed by atoms with Gasteiger partial charge in [0.05, 0.1) is 0 Å². The van der Waals surface area contributed by atoms with E-state index in [9.17, 15) is 5.11 Å². The Kier molecular flexibility index (Phi) is 3.69. The molecule has 0 unspecified atom stereocenters. The van der Waals surface area contributed by atoms with Gasteiger partial charge in [0.25, 0.3) is 0 Å². The van der Waals surface area contributed by atoms with Gasteiger partial charge in [-0.25, -0.2) is 4.98 Å². The molecule has 1 heterocycles. The van der Waals surface area contributed by atoms with Crippen LogP contribution in [0.5, 0.6) is 0 Å². The minimum atomic E-state index is -0.0895. The van der Waals surface area contributed by atoms with E-state index in [4.69, 9.17) is 0 Å². The number of hydrogen-bond acceptors (Lipinski definition) is 3. The molecule has 0 saturated heterocycles. The van der Waals surface area contributed by atoms with Gasteiger partial charge in [-0.05, 0) is 23.5 Å². The maximum absolute atomic E-state index is 9.25. The first-order chi connectivity index (χ1) is 6.96. The van der Waals surface area contributed by atoms with E-state index in [-0.39, 0.29) is 12.0 Å². The second-order valence-electron chi connectivity index (χ2n) is 4.88. The Labute approximate surface area is 91.8 Å². The number of rotatable bonds is 4. The van der Waals surface area contributed by atoms with Crippen LogP contribution in [0.3, 0.4) is 0 Å². The average Bonchev–Trinajstić information content (AvgIpc) is 2.18. The lowest BCUT2D eigenvalue weighted by atomic mass is 9.87. The van der Waals surface area contributed by atoms with Crippen LogP contribution in [0.25, 0.3) is 0 Å². The summed E-state index contributed by atoms with van der Waals surface area (Å²) in [5, 5.41) is 9.25. The summed E-state index contributed by atoms with van der Waals surface area (Å²) in [6.45, 7) is 4.30. The van der Waals surface area contributed by atoms with Crippen molar-refractivity contribution in [3.05, 3.63) is 23.9 Å². The molecule has 0 aliphatic heterocycles. The van der Waals surface area contributed by atoms with E-state index in [0.717, 1.165) is 12.2 Å². The number of hydrogen-bond donors (Lipinski definition) is 1. The van der Waals surface area contributed by atoms with E-state index in [2.05, 4.69) is 24.9 Å². The van der Waals surface area contributed by atoms with Crippen molar-refractivity contribution in [2.75, 3.05) is 25.6 Å². The molecule has 0 radical (unpaired) electrons. The quantitative estimate of drug-likeness (QED) is 0.818. The molecule has 1 rings (SSSR count). The van der Waals surface area contributed by atoms with E-state index in [1.54, 1.807) is 6.20 Å². The molecule has 0 aromatic carbocycles. The van der Waals surface area contributed by atoms with Gasteiger partial charge in [0, 0.05) is 26.9 Å². The molecule has 15 heavy (non-hydrogen) atoms. The first-order valence-electron chi connectivity index (χ1n) is 5.18. The van der Waals surface area contributed by atoms with Crippen LogP contribution in [0.1, 0.15) is 19.4 Å². The van der Waals surface area contributed by atoms with E-state index in [0.29, 0.717) is 0 Å². The second-order valence-corrected chi connectivity index (χ2v) is 4.88. The SMILES string of the molecule is CN(C)c1ncccc1CC(C)(C)CO. The van der Waals surface area contributed by atoms with Gasteiger partial charge in [-0.2, -0.15) is 0 Å². The molecule has 0 aliphatic rings.